The van der Waals surface area contributed by atoms with Crippen LogP contribution in [0.4, 0.5) is 0 Å². The van der Waals surface area contributed by atoms with Crippen LogP contribution < -0.4 is 4.74 Å². The minimum absolute atomic E-state index is 0.0779. The van der Waals surface area contributed by atoms with Crippen LogP contribution in [-0.2, 0) is 11.2 Å². The van der Waals surface area contributed by atoms with E-state index in [2.05, 4.69) is 19.1 Å². The van der Waals surface area contributed by atoms with E-state index in [9.17, 15) is 9.90 Å². The Bertz CT molecular complexity index is 661. The lowest BCUT2D eigenvalue weighted by Gasteiger charge is -2.36. The van der Waals surface area contributed by atoms with Crippen LogP contribution in [0.1, 0.15) is 57.6 Å². The quantitative estimate of drug-likeness (QED) is 0.912. The lowest BCUT2D eigenvalue weighted by atomic mass is 9.94. The van der Waals surface area contributed by atoms with Gasteiger partial charge in [-0.05, 0) is 50.8 Å². The fourth-order valence-corrected chi connectivity index (χ4v) is 3.28. The van der Waals surface area contributed by atoms with Gasteiger partial charge < -0.3 is 14.7 Å². The summed E-state index contributed by atoms with van der Waals surface area (Å²) >= 11 is 0. The maximum absolute atomic E-state index is 12.2. The lowest BCUT2D eigenvalue weighted by molar-refractivity contribution is -0.125. The van der Waals surface area contributed by atoms with E-state index in [1.165, 1.54) is 5.56 Å². The molecule has 3 rings (SSSR count). The van der Waals surface area contributed by atoms with Crippen LogP contribution >= 0.6 is 0 Å². The van der Waals surface area contributed by atoms with Gasteiger partial charge in [0.15, 0.2) is 11.4 Å². The van der Waals surface area contributed by atoms with Gasteiger partial charge in [0.1, 0.15) is 5.75 Å². The molecular formula is C19H25NO3. The molecule has 23 heavy (non-hydrogen) atoms. The van der Waals surface area contributed by atoms with E-state index in [0.717, 1.165) is 37.0 Å². The zero-order valence-electron chi connectivity index (χ0n) is 14.2. The molecule has 0 saturated carbocycles. The predicted octanol–water partition coefficient (Wildman–Crippen LogP) is 4.05. The Morgan fingerprint density at radius 2 is 2.13 bits per heavy atom. The molecule has 4 heteroatoms. The molecule has 1 aromatic carbocycles. The van der Waals surface area contributed by atoms with Gasteiger partial charge in [0, 0.05) is 18.5 Å². The van der Waals surface area contributed by atoms with E-state index < -0.39 is 5.60 Å². The first kappa shape index (κ1) is 15.9. The number of fused-ring (bicyclic) bond motifs is 1. The zero-order chi connectivity index (χ0) is 16.6. The largest absolute Gasteiger partial charge is 0.506 e. The van der Waals surface area contributed by atoms with Crippen molar-refractivity contribution >= 4 is 11.6 Å². The first-order valence-electron chi connectivity index (χ1n) is 8.50. The summed E-state index contributed by atoms with van der Waals surface area (Å²) in [7, 11) is 0. The molecule has 1 amide bonds. The molecule has 1 aromatic rings. The van der Waals surface area contributed by atoms with Crippen LogP contribution in [0.3, 0.4) is 0 Å². The van der Waals surface area contributed by atoms with Crippen molar-refractivity contribution in [3.63, 3.8) is 0 Å². The van der Waals surface area contributed by atoms with Crippen molar-refractivity contribution < 1.29 is 14.6 Å². The van der Waals surface area contributed by atoms with E-state index in [4.69, 9.17) is 4.74 Å². The standard InChI is InChI=1S/C19H25NO3/c1-4-5-7-13-9-10-15-14(12-13)17(18(22)19(2,3)23-15)20-11-6-8-16(20)21/h9-10,12,22H,4-8,11H2,1-3H3. The molecule has 1 fully saturated rings. The number of carbonyl (C=O) groups is 1. The summed E-state index contributed by atoms with van der Waals surface area (Å²) in [6.45, 7) is 6.49. The number of aryl methyl sites for hydroxylation is 1. The molecule has 0 aromatic heterocycles. The summed E-state index contributed by atoms with van der Waals surface area (Å²) < 4.78 is 5.97. The maximum atomic E-state index is 12.2. The van der Waals surface area contributed by atoms with E-state index in [0.29, 0.717) is 18.7 Å². The Kier molecular flexibility index (Phi) is 4.09. The average molecular weight is 315 g/mol. The third kappa shape index (κ3) is 2.82. The lowest BCUT2D eigenvalue weighted by Crippen LogP contribution is -2.39. The molecule has 0 aliphatic carbocycles. The van der Waals surface area contributed by atoms with Crippen LogP contribution in [0.15, 0.2) is 24.0 Å². The van der Waals surface area contributed by atoms with Crippen LogP contribution in [0.5, 0.6) is 5.75 Å². The summed E-state index contributed by atoms with van der Waals surface area (Å²) in [5.41, 5.74) is 1.87. The molecule has 1 N–H and O–H groups in total. The highest BCUT2D eigenvalue weighted by atomic mass is 16.5. The summed E-state index contributed by atoms with van der Waals surface area (Å²) in [5, 5.41) is 10.7. The van der Waals surface area contributed by atoms with Gasteiger partial charge in [-0.25, -0.2) is 0 Å². The molecule has 2 heterocycles. The van der Waals surface area contributed by atoms with Gasteiger partial charge in [0.05, 0.1) is 5.70 Å². The van der Waals surface area contributed by atoms with Crippen molar-refractivity contribution in [3.05, 3.63) is 35.1 Å². The van der Waals surface area contributed by atoms with E-state index >= 15 is 0 Å². The summed E-state index contributed by atoms with van der Waals surface area (Å²) in [5.74, 6) is 0.963. The number of ether oxygens (including phenoxy) is 1. The van der Waals surface area contributed by atoms with Gasteiger partial charge in [-0.2, -0.15) is 0 Å². The Morgan fingerprint density at radius 3 is 2.78 bits per heavy atom. The first-order valence-corrected chi connectivity index (χ1v) is 8.50. The minimum Gasteiger partial charge on any atom is -0.506 e. The second kappa shape index (κ2) is 5.91. The number of unbranched alkanes of at least 4 members (excludes halogenated alkanes) is 1. The van der Waals surface area contributed by atoms with E-state index in [1.807, 2.05) is 19.9 Å². The van der Waals surface area contributed by atoms with Crippen molar-refractivity contribution in [3.8, 4) is 5.75 Å². The molecule has 2 aliphatic rings. The van der Waals surface area contributed by atoms with E-state index in [1.54, 1.807) is 4.90 Å². The van der Waals surface area contributed by atoms with Crippen LogP contribution in [0.25, 0.3) is 5.70 Å². The first-order chi connectivity index (χ1) is 10.9. The Morgan fingerprint density at radius 1 is 1.35 bits per heavy atom. The second-order valence-corrected chi connectivity index (χ2v) is 6.89. The van der Waals surface area contributed by atoms with Crippen LogP contribution in [0, 0.1) is 0 Å². The number of likely N-dealkylation sites (tertiary alicyclic amines) is 1. The molecule has 0 atom stereocenters. The van der Waals surface area contributed by atoms with Crippen molar-refractivity contribution in [2.75, 3.05) is 6.54 Å². The molecular weight excluding hydrogens is 290 g/mol. The number of aliphatic hydroxyl groups is 1. The molecule has 1 saturated heterocycles. The van der Waals surface area contributed by atoms with Gasteiger partial charge in [-0.15, -0.1) is 0 Å². The number of carbonyl (C=O) groups excluding carboxylic acids is 1. The van der Waals surface area contributed by atoms with E-state index in [-0.39, 0.29) is 11.7 Å². The number of rotatable bonds is 4. The molecule has 0 unspecified atom stereocenters. The number of aliphatic hydroxyl groups excluding tert-OH is 1. The van der Waals surface area contributed by atoms with Crippen molar-refractivity contribution in [1.29, 1.82) is 0 Å². The van der Waals surface area contributed by atoms with Crippen molar-refractivity contribution in [2.24, 2.45) is 0 Å². The zero-order valence-corrected chi connectivity index (χ0v) is 14.2. The average Bonchev–Trinajstić information content (AvgIpc) is 2.92. The molecule has 4 nitrogen and oxygen atoms in total. The molecule has 124 valence electrons. The molecule has 0 radical (unpaired) electrons. The Labute approximate surface area is 137 Å². The third-order valence-electron chi connectivity index (χ3n) is 4.62. The SMILES string of the molecule is CCCCc1ccc2c(c1)C(N1CCCC1=O)=C(O)C(C)(C)O2. The van der Waals surface area contributed by atoms with Gasteiger partial charge in [-0.1, -0.05) is 19.4 Å². The fourth-order valence-electron chi connectivity index (χ4n) is 3.28. The number of hydrogen-bond acceptors (Lipinski definition) is 3. The highest BCUT2D eigenvalue weighted by Gasteiger charge is 2.40. The normalized spacial score (nSPS) is 19.8. The summed E-state index contributed by atoms with van der Waals surface area (Å²) in [6, 6.07) is 6.11. The van der Waals surface area contributed by atoms with Crippen LogP contribution in [-0.4, -0.2) is 28.1 Å². The monoisotopic (exact) mass is 315 g/mol. The van der Waals surface area contributed by atoms with Gasteiger partial charge in [0.2, 0.25) is 5.91 Å². The van der Waals surface area contributed by atoms with Gasteiger partial charge in [0.25, 0.3) is 0 Å². The minimum atomic E-state index is -0.823. The molecule has 0 spiro atoms. The number of nitrogens with zero attached hydrogens (tertiary/aromatic N) is 1. The third-order valence-corrected chi connectivity index (χ3v) is 4.62. The molecule has 0 bridgehead atoms. The second-order valence-electron chi connectivity index (χ2n) is 6.89. The number of benzene rings is 1. The Hall–Kier alpha value is -1.97. The van der Waals surface area contributed by atoms with Crippen molar-refractivity contribution in [2.45, 2.75) is 58.5 Å². The highest BCUT2D eigenvalue weighted by Crippen LogP contribution is 2.43. The summed E-state index contributed by atoms with van der Waals surface area (Å²) in [6.07, 6.45) is 4.64. The van der Waals surface area contributed by atoms with Gasteiger partial charge in [-0.3, -0.25) is 4.79 Å². The predicted molar refractivity (Wildman–Crippen MR) is 90.3 cm³/mol. The summed E-state index contributed by atoms with van der Waals surface area (Å²) in [4.78, 5) is 14.0. The maximum Gasteiger partial charge on any atom is 0.227 e. The van der Waals surface area contributed by atoms with Crippen molar-refractivity contribution in [1.82, 2.24) is 4.90 Å². The smallest absolute Gasteiger partial charge is 0.227 e. The fraction of sp³-hybridized carbons (Fsp3) is 0.526. The van der Waals surface area contributed by atoms with Crippen LogP contribution in [0.2, 0.25) is 0 Å². The Balaban J connectivity index is 2.09. The highest BCUT2D eigenvalue weighted by molar-refractivity contribution is 5.91. The van der Waals surface area contributed by atoms with Gasteiger partial charge >= 0.3 is 0 Å². The number of amides is 1. The molecule has 2 aliphatic heterocycles. The topological polar surface area (TPSA) is 49.8 Å². The number of hydrogen-bond donors (Lipinski definition) is 1.